The van der Waals surface area contributed by atoms with Gasteiger partial charge < -0.3 is 10.1 Å². The van der Waals surface area contributed by atoms with Gasteiger partial charge in [0.2, 0.25) is 0 Å². The molecule has 0 saturated carbocycles. The molecule has 1 atom stereocenters. The summed E-state index contributed by atoms with van der Waals surface area (Å²) in [6.45, 7) is 1.24. The number of rotatable bonds is 3. The highest BCUT2D eigenvalue weighted by Gasteiger charge is 2.36. The number of hydrogen-bond acceptors (Lipinski definition) is 2. The molecule has 0 spiro atoms. The van der Waals surface area contributed by atoms with Crippen LogP contribution in [0.3, 0.4) is 0 Å². The summed E-state index contributed by atoms with van der Waals surface area (Å²) >= 11 is 0. The average molecular weight is 273 g/mol. The van der Waals surface area contributed by atoms with E-state index in [2.05, 4.69) is 5.32 Å². The van der Waals surface area contributed by atoms with E-state index in [0.29, 0.717) is 18.8 Å². The van der Waals surface area contributed by atoms with Crippen molar-refractivity contribution in [3.63, 3.8) is 0 Å². The van der Waals surface area contributed by atoms with Crippen LogP contribution in [-0.2, 0) is 10.9 Å². The zero-order chi connectivity index (χ0) is 13.9. The van der Waals surface area contributed by atoms with Crippen molar-refractivity contribution >= 4 is 0 Å². The van der Waals surface area contributed by atoms with E-state index in [1.807, 2.05) is 0 Å². The van der Waals surface area contributed by atoms with Gasteiger partial charge in [-0.25, -0.2) is 0 Å². The SMILES string of the molecule is CNC(c1ccccc1C(F)(F)F)C1CCOCC1. The minimum absolute atomic E-state index is 0.183. The van der Waals surface area contributed by atoms with Gasteiger partial charge in [0, 0.05) is 19.3 Å². The van der Waals surface area contributed by atoms with E-state index >= 15 is 0 Å². The maximum Gasteiger partial charge on any atom is 0.416 e. The van der Waals surface area contributed by atoms with Crippen LogP contribution < -0.4 is 5.32 Å². The Labute approximate surface area is 111 Å². The Hall–Kier alpha value is -1.07. The quantitative estimate of drug-likeness (QED) is 0.911. The first kappa shape index (κ1) is 14.3. The lowest BCUT2D eigenvalue weighted by molar-refractivity contribution is -0.138. The molecule has 1 N–H and O–H groups in total. The van der Waals surface area contributed by atoms with Gasteiger partial charge in [-0.2, -0.15) is 13.2 Å². The summed E-state index contributed by atoms with van der Waals surface area (Å²) in [7, 11) is 1.72. The highest BCUT2D eigenvalue weighted by Crippen LogP contribution is 2.38. The van der Waals surface area contributed by atoms with Crippen LogP contribution in [0.4, 0.5) is 13.2 Å². The minimum atomic E-state index is -4.31. The topological polar surface area (TPSA) is 21.3 Å². The number of hydrogen-bond donors (Lipinski definition) is 1. The molecule has 1 aromatic carbocycles. The predicted molar refractivity (Wildman–Crippen MR) is 66.8 cm³/mol. The minimum Gasteiger partial charge on any atom is -0.381 e. The molecule has 0 aromatic heterocycles. The molecule has 5 heteroatoms. The van der Waals surface area contributed by atoms with Crippen molar-refractivity contribution in [2.24, 2.45) is 5.92 Å². The Morgan fingerprint density at radius 1 is 1.21 bits per heavy atom. The highest BCUT2D eigenvalue weighted by molar-refractivity contribution is 5.33. The number of nitrogens with one attached hydrogen (secondary N) is 1. The third kappa shape index (κ3) is 3.28. The van der Waals surface area contributed by atoms with E-state index in [9.17, 15) is 13.2 Å². The second kappa shape index (κ2) is 5.92. The monoisotopic (exact) mass is 273 g/mol. The van der Waals surface area contributed by atoms with Crippen molar-refractivity contribution in [1.82, 2.24) is 5.32 Å². The van der Waals surface area contributed by atoms with Gasteiger partial charge in [-0.15, -0.1) is 0 Å². The third-order valence-corrected chi connectivity index (χ3v) is 3.65. The standard InChI is InChI=1S/C14H18F3NO/c1-18-13(10-6-8-19-9-7-10)11-4-2-3-5-12(11)14(15,16)17/h2-5,10,13,18H,6-9H2,1H3. The molecule has 0 aliphatic carbocycles. The molecule has 1 fully saturated rings. The first-order valence-electron chi connectivity index (χ1n) is 6.45. The fourth-order valence-corrected chi connectivity index (χ4v) is 2.72. The van der Waals surface area contributed by atoms with E-state index in [0.717, 1.165) is 18.9 Å². The van der Waals surface area contributed by atoms with E-state index < -0.39 is 11.7 Å². The van der Waals surface area contributed by atoms with Crippen molar-refractivity contribution in [1.29, 1.82) is 0 Å². The molecule has 1 unspecified atom stereocenters. The molecule has 0 amide bonds. The Morgan fingerprint density at radius 2 is 1.84 bits per heavy atom. The zero-order valence-corrected chi connectivity index (χ0v) is 10.8. The summed E-state index contributed by atoms with van der Waals surface area (Å²) < 4.78 is 44.5. The van der Waals surface area contributed by atoms with Crippen LogP contribution >= 0.6 is 0 Å². The van der Waals surface area contributed by atoms with Crippen LogP contribution in [-0.4, -0.2) is 20.3 Å². The first-order valence-corrected chi connectivity index (χ1v) is 6.45. The molecule has 0 radical (unpaired) electrons. The fraction of sp³-hybridized carbons (Fsp3) is 0.571. The van der Waals surface area contributed by atoms with Gasteiger partial charge in [0.05, 0.1) is 5.56 Å². The van der Waals surface area contributed by atoms with Gasteiger partial charge in [-0.3, -0.25) is 0 Å². The number of alkyl halides is 3. The van der Waals surface area contributed by atoms with Crippen molar-refractivity contribution in [3.05, 3.63) is 35.4 Å². The molecule has 0 bridgehead atoms. The van der Waals surface area contributed by atoms with Crippen LogP contribution in [0.25, 0.3) is 0 Å². The van der Waals surface area contributed by atoms with E-state index in [-0.39, 0.29) is 12.0 Å². The molecule has 2 nitrogen and oxygen atoms in total. The Kier molecular flexibility index (Phi) is 4.47. The molecule has 1 heterocycles. The lowest BCUT2D eigenvalue weighted by atomic mass is 9.85. The maximum atomic E-state index is 13.1. The van der Waals surface area contributed by atoms with Crippen LogP contribution in [0, 0.1) is 5.92 Å². The second-order valence-corrected chi connectivity index (χ2v) is 4.80. The summed E-state index contributed by atoms with van der Waals surface area (Å²) in [5.41, 5.74) is -0.203. The maximum absolute atomic E-state index is 13.1. The van der Waals surface area contributed by atoms with Gasteiger partial charge in [-0.1, -0.05) is 18.2 Å². The second-order valence-electron chi connectivity index (χ2n) is 4.80. The van der Waals surface area contributed by atoms with E-state index in [1.165, 1.54) is 6.07 Å². The van der Waals surface area contributed by atoms with E-state index in [4.69, 9.17) is 4.74 Å². The summed E-state index contributed by atoms with van der Waals surface area (Å²) in [5, 5.41) is 3.04. The Balaban J connectivity index is 2.32. The lowest BCUT2D eigenvalue weighted by Crippen LogP contribution is -2.31. The molecule has 1 saturated heterocycles. The molecule has 19 heavy (non-hydrogen) atoms. The summed E-state index contributed by atoms with van der Waals surface area (Å²) in [4.78, 5) is 0. The zero-order valence-electron chi connectivity index (χ0n) is 10.8. The molecule has 106 valence electrons. The molecule has 1 aliphatic heterocycles. The predicted octanol–water partition coefficient (Wildman–Crippen LogP) is 3.39. The first-order chi connectivity index (χ1) is 9.04. The Bertz CT molecular complexity index is 413. The van der Waals surface area contributed by atoms with Crippen LogP contribution in [0.15, 0.2) is 24.3 Å². The number of benzene rings is 1. The molecule has 1 aromatic rings. The van der Waals surface area contributed by atoms with Gasteiger partial charge in [-0.05, 0) is 37.4 Å². The normalized spacial score (nSPS) is 19.4. The summed E-state index contributed by atoms with van der Waals surface area (Å²) in [6.07, 6.45) is -2.73. The van der Waals surface area contributed by atoms with Gasteiger partial charge in [0.25, 0.3) is 0 Å². The van der Waals surface area contributed by atoms with Gasteiger partial charge >= 0.3 is 6.18 Å². The summed E-state index contributed by atoms with van der Waals surface area (Å²) in [5.74, 6) is 0.183. The van der Waals surface area contributed by atoms with Gasteiger partial charge in [0.1, 0.15) is 0 Å². The molecular formula is C14H18F3NO. The molecular weight excluding hydrogens is 255 g/mol. The fourth-order valence-electron chi connectivity index (χ4n) is 2.72. The average Bonchev–Trinajstić information content (AvgIpc) is 2.40. The van der Waals surface area contributed by atoms with Crippen molar-refractivity contribution in [2.75, 3.05) is 20.3 Å². The van der Waals surface area contributed by atoms with Crippen molar-refractivity contribution in [3.8, 4) is 0 Å². The van der Waals surface area contributed by atoms with Crippen molar-refractivity contribution in [2.45, 2.75) is 25.1 Å². The van der Waals surface area contributed by atoms with Crippen LogP contribution in [0.2, 0.25) is 0 Å². The molecule has 1 aliphatic rings. The van der Waals surface area contributed by atoms with Crippen LogP contribution in [0.5, 0.6) is 0 Å². The highest BCUT2D eigenvalue weighted by atomic mass is 19.4. The number of halogens is 3. The largest absolute Gasteiger partial charge is 0.416 e. The van der Waals surface area contributed by atoms with E-state index in [1.54, 1.807) is 19.2 Å². The van der Waals surface area contributed by atoms with Gasteiger partial charge in [0.15, 0.2) is 0 Å². The third-order valence-electron chi connectivity index (χ3n) is 3.65. The Morgan fingerprint density at radius 3 is 2.42 bits per heavy atom. The molecule has 2 rings (SSSR count). The summed E-state index contributed by atoms with van der Waals surface area (Å²) in [6, 6.07) is 5.54. The van der Waals surface area contributed by atoms with Crippen LogP contribution in [0.1, 0.15) is 30.0 Å². The lowest BCUT2D eigenvalue weighted by Gasteiger charge is -2.32. The smallest absolute Gasteiger partial charge is 0.381 e. The van der Waals surface area contributed by atoms with Crippen molar-refractivity contribution < 1.29 is 17.9 Å². The number of ether oxygens (including phenoxy) is 1.